The van der Waals surface area contributed by atoms with E-state index in [0.717, 1.165) is 23.5 Å². The molecule has 0 bridgehead atoms. The van der Waals surface area contributed by atoms with E-state index in [1.165, 1.54) is 5.56 Å². The van der Waals surface area contributed by atoms with Gasteiger partial charge in [0.15, 0.2) is 12.5 Å². The number of nitrogens with zero attached hydrogens (tertiary/aromatic N) is 3. The number of carbonyl (C=O) groups excluding carboxylic acids is 1. The topological polar surface area (TPSA) is 69.0 Å². The maximum absolute atomic E-state index is 10.6. The lowest BCUT2D eigenvalue weighted by molar-refractivity contribution is -0.118. The third-order valence-electron chi connectivity index (χ3n) is 3.35. The van der Waals surface area contributed by atoms with Gasteiger partial charge in [0.1, 0.15) is 0 Å². The highest BCUT2D eigenvalue weighted by Crippen LogP contribution is 2.16. The lowest BCUT2D eigenvalue weighted by Gasteiger charge is -2.07. The lowest BCUT2D eigenvalue weighted by Crippen LogP contribution is -2.23. The van der Waals surface area contributed by atoms with Gasteiger partial charge in [-0.3, -0.25) is 10.1 Å². The molecule has 1 fully saturated rings. The van der Waals surface area contributed by atoms with Crippen molar-refractivity contribution in [2.24, 2.45) is 0 Å². The molecule has 0 saturated carbocycles. The molecule has 0 radical (unpaired) electrons. The van der Waals surface area contributed by atoms with Gasteiger partial charge in [-0.15, -0.1) is 5.10 Å². The predicted octanol–water partition coefficient (Wildman–Crippen LogP) is 1.22. The van der Waals surface area contributed by atoms with Gasteiger partial charge in [-0.1, -0.05) is 35.5 Å². The molecule has 3 rings (SSSR count). The van der Waals surface area contributed by atoms with E-state index in [9.17, 15) is 4.79 Å². The first-order valence-electron chi connectivity index (χ1n) is 7.18. The van der Waals surface area contributed by atoms with E-state index in [2.05, 4.69) is 39.9 Å². The smallest absolute Gasteiger partial charge is 0.165 e. The molecule has 1 N–H and O–H groups in total. The minimum absolute atomic E-state index is 0.0401. The zero-order valence-electron chi connectivity index (χ0n) is 12.1. The molecular formula is C15H18N4O2S. The fraction of sp³-hybridized carbons (Fsp3) is 0.400. The maximum atomic E-state index is 10.6. The number of carbonyl (C=O) groups is 1. The fourth-order valence-electron chi connectivity index (χ4n) is 2.29. The Morgan fingerprint density at radius 2 is 2.23 bits per heavy atom. The number of hydrogen-bond acceptors (Lipinski definition) is 6. The van der Waals surface area contributed by atoms with Crippen LogP contribution in [0.25, 0.3) is 0 Å². The van der Waals surface area contributed by atoms with Gasteiger partial charge < -0.3 is 4.74 Å². The van der Waals surface area contributed by atoms with Gasteiger partial charge in [0.25, 0.3) is 0 Å². The first kappa shape index (κ1) is 15.2. The van der Waals surface area contributed by atoms with E-state index < -0.39 is 6.23 Å². The molecule has 1 aromatic carbocycles. The number of benzene rings is 1. The summed E-state index contributed by atoms with van der Waals surface area (Å²) in [5.41, 5.74) is 2.27. The first-order valence-corrected chi connectivity index (χ1v) is 8.34. The van der Waals surface area contributed by atoms with Gasteiger partial charge >= 0.3 is 0 Å². The second-order valence-corrected chi connectivity index (χ2v) is 6.12. The molecular weight excluding hydrogens is 300 g/mol. The minimum Gasteiger partial charge on any atom is -0.350 e. The number of ether oxygens (including phenoxy) is 1. The van der Waals surface area contributed by atoms with Crippen molar-refractivity contribution >= 4 is 18.0 Å². The highest BCUT2D eigenvalue weighted by molar-refractivity contribution is 7.97. The van der Waals surface area contributed by atoms with Crippen molar-refractivity contribution in [1.82, 2.24) is 20.3 Å². The van der Waals surface area contributed by atoms with Gasteiger partial charge in [-0.05, 0) is 5.56 Å². The molecule has 2 heterocycles. The van der Waals surface area contributed by atoms with Gasteiger partial charge in [0.05, 0.1) is 18.3 Å². The van der Waals surface area contributed by atoms with E-state index >= 15 is 0 Å². The molecule has 2 atom stereocenters. The van der Waals surface area contributed by atoms with Crippen molar-refractivity contribution in [3.05, 3.63) is 47.8 Å². The van der Waals surface area contributed by atoms with Gasteiger partial charge in [0.2, 0.25) is 0 Å². The molecule has 0 amide bonds. The summed E-state index contributed by atoms with van der Waals surface area (Å²) in [4.78, 5) is 10.6. The number of hydrogen-bond donors (Lipinski definition) is 1. The summed E-state index contributed by atoms with van der Waals surface area (Å²) in [5, 5.41) is 11.3. The molecule has 1 aliphatic rings. The summed E-state index contributed by atoms with van der Waals surface area (Å²) in [6.45, 7) is 1.26. The Labute approximate surface area is 133 Å². The van der Waals surface area contributed by atoms with Crippen molar-refractivity contribution in [3.63, 3.8) is 0 Å². The summed E-state index contributed by atoms with van der Waals surface area (Å²) in [6, 6.07) is 10.4. The van der Waals surface area contributed by atoms with Crippen LogP contribution in [0, 0.1) is 0 Å². The number of aldehydes is 1. The number of thioether (sulfide) groups is 1. The Hall–Kier alpha value is -1.70. The average molecular weight is 318 g/mol. The summed E-state index contributed by atoms with van der Waals surface area (Å²) in [7, 11) is 0. The molecule has 1 aliphatic heterocycles. The molecule has 2 aromatic rings. The summed E-state index contributed by atoms with van der Waals surface area (Å²) >= 11 is 1.81. The van der Waals surface area contributed by atoms with Crippen molar-refractivity contribution in [2.75, 3.05) is 6.54 Å². The quantitative estimate of drug-likeness (QED) is 0.774. The van der Waals surface area contributed by atoms with Gasteiger partial charge in [-0.2, -0.15) is 11.8 Å². The van der Waals surface area contributed by atoms with Crippen LogP contribution in [0.3, 0.4) is 0 Å². The van der Waals surface area contributed by atoms with Crippen molar-refractivity contribution < 1.29 is 9.53 Å². The van der Waals surface area contributed by atoms with Crippen LogP contribution >= 0.6 is 11.8 Å². The molecule has 0 aliphatic carbocycles. The maximum Gasteiger partial charge on any atom is 0.165 e. The molecule has 1 saturated heterocycles. The van der Waals surface area contributed by atoms with Crippen LogP contribution in [0.2, 0.25) is 0 Å². The van der Waals surface area contributed by atoms with Crippen LogP contribution in [0.15, 0.2) is 36.5 Å². The monoisotopic (exact) mass is 318 g/mol. The SMILES string of the molecule is O=CC1NCC(Cn2cc(CSCc3ccccc3)nn2)O1. The van der Waals surface area contributed by atoms with E-state index in [-0.39, 0.29) is 6.10 Å². The second kappa shape index (κ2) is 7.53. The van der Waals surface area contributed by atoms with Crippen molar-refractivity contribution in [1.29, 1.82) is 0 Å². The van der Waals surface area contributed by atoms with Crippen molar-refractivity contribution in [3.8, 4) is 0 Å². The van der Waals surface area contributed by atoms with Crippen LogP contribution in [0.1, 0.15) is 11.3 Å². The van der Waals surface area contributed by atoms with Crippen LogP contribution in [-0.4, -0.2) is 40.2 Å². The Balaban J connectivity index is 1.44. The standard InChI is InChI=1S/C15H18N4O2S/c20-9-15-16-6-14(21-15)8-19-7-13(17-18-19)11-22-10-12-4-2-1-3-5-12/h1-5,7,9,14-16H,6,8,10-11H2. The number of nitrogens with one attached hydrogen (secondary N) is 1. The van der Waals surface area contributed by atoms with E-state index in [0.29, 0.717) is 13.1 Å². The van der Waals surface area contributed by atoms with Crippen LogP contribution < -0.4 is 5.32 Å². The molecule has 116 valence electrons. The Kier molecular flexibility index (Phi) is 5.20. The minimum atomic E-state index is -0.491. The van der Waals surface area contributed by atoms with E-state index in [1.807, 2.05) is 24.0 Å². The average Bonchev–Trinajstić information content (AvgIpc) is 3.18. The van der Waals surface area contributed by atoms with Crippen LogP contribution in [0.5, 0.6) is 0 Å². The lowest BCUT2D eigenvalue weighted by atomic mass is 10.2. The third kappa shape index (κ3) is 4.16. The number of rotatable bonds is 7. The molecule has 7 heteroatoms. The zero-order valence-corrected chi connectivity index (χ0v) is 12.9. The largest absolute Gasteiger partial charge is 0.350 e. The first-order chi connectivity index (χ1) is 10.8. The fourth-order valence-corrected chi connectivity index (χ4v) is 3.16. The second-order valence-electron chi connectivity index (χ2n) is 5.13. The van der Waals surface area contributed by atoms with E-state index in [1.54, 1.807) is 4.68 Å². The number of aromatic nitrogens is 3. The normalized spacial score (nSPS) is 21.1. The van der Waals surface area contributed by atoms with Crippen molar-refractivity contribution in [2.45, 2.75) is 30.4 Å². The highest BCUT2D eigenvalue weighted by Gasteiger charge is 2.24. The summed E-state index contributed by atoms with van der Waals surface area (Å²) in [5.74, 6) is 1.79. The van der Waals surface area contributed by atoms with Gasteiger partial charge in [0, 0.05) is 24.2 Å². The zero-order chi connectivity index (χ0) is 15.2. The predicted molar refractivity (Wildman–Crippen MR) is 84.2 cm³/mol. The Morgan fingerprint density at radius 1 is 1.36 bits per heavy atom. The van der Waals surface area contributed by atoms with E-state index in [4.69, 9.17) is 4.74 Å². The molecule has 0 spiro atoms. The molecule has 1 aromatic heterocycles. The summed E-state index contributed by atoms with van der Waals surface area (Å²) in [6.07, 6.45) is 2.18. The Morgan fingerprint density at radius 3 is 3.00 bits per heavy atom. The highest BCUT2D eigenvalue weighted by atomic mass is 32.2. The third-order valence-corrected chi connectivity index (χ3v) is 4.38. The molecule has 22 heavy (non-hydrogen) atoms. The van der Waals surface area contributed by atoms with Crippen LogP contribution in [-0.2, 0) is 27.6 Å². The van der Waals surface area contributed by atoms with Crippen LogP contribution in [0.4, 0.5) is 0 Å². The molecule has 6 nitrogen and oxygen atoms in total. The Bertz CT molecular complexity index is 605. The van der Waals surface area contributed by atoms with Gasteiger partial charge in [-0.25, -0.2) is 4.68 Å². The summed E-state index contributed by atoms with van der Waals surface area (Å²) < 4.78 is 7.27. The molecule has 2 unspecified atom stereocenters.